The zero-order valence-corrected chi connectivity index (χ0v) is 14.0. The maximum absolute atomic E-state index is 5.37. The molecule has 22 heavy (non-hydrogen) atoms. The molecule has 0 saturated carbocycles. The molecule has 3 rings (SSSR count). The van der Waals surface area contributed by atoms with Crippen LogP contribution in [0.25, 0.3) is 11.4 Å². The average molecular weight is 358 g/mol. The van der Waals surface area contributed by atoms with E-state index in [1.807, 2.05) is 49.4 Å². The molecule has 0 fully saturated rings. The number of nitrogens with zero attached hydrogens (tertiary/aromatic N) is 2. The third-order valence-corrected chi connectivity index (χ3v) is 4.28. The first-order chi connectivity index (χ1) is 10.6. The molecule has 1 heterocycles. The van der Waals surface area contributed by atoms with Gasteiger partial charge in [-0.25, -0.2) is 0 Å². The van der Waals surface area contributed by atoms with Crippen LogP contribution in [0.4, 0.5) is 5.69 Å². The molecular formula is C17H16BrN3O. The van der Waals surface area contributed by atoms with E-state index in [0.29, 0.717) is 11.7 Å². The standard InChI is InChI=1S/C17H16BrN3O/c1-11-10-14(8-9-15(11)18)19-12(2)17-20-16(21-22-17)13-6-4-3-5-7-13/h3-10,12,19H,1-2H3/t12-/m1/s1. The van der Waals surface area contributed by atoms with E-state index in [0.717, 1.165) is 15.7 Å². The van der Waals surface area contributed by atoms with Crippen LogP contribution in [0.15, 0.2) is 57.5 Å². The van der Waals surface area contributed by atoms with Crippen molar-refractivity contribution in [3.8, 4) is 11.4 Å². The topological polar surface area (TPSA) is 51.0 Å². The summed E-state index contributed by atoms with van der Waals surface area (Å²) in [6.45, 7) is 4.06. The molecule has 0 radical (unpaired) electrons. The molecule has 3 aromatic rings. The van der Waals surface area contributed by atoms with E-state index in [9.17, 15) is 0 Å². The summed E-state index contributed by atoms with van der Waals surface area (Å²) in [4.78, 5) is 4.47. The summed E-state index contributed by atoms with van der Waals surface area (Å²) in [6.07, 6.45) is 0. The van der Waals surface area contributed by atoms with Gasteiger partial charge in [0.05, 0.1) is 0 Å². The Morgan fingerprint density at radius 2 is 1.91 bits per heavy atom. The fourth-order valence-corrected chi connectivity index (χ4v) is 2.41. The van der Waals surface area contributed by atoms with Crippen molar-refractivity contribution in [2.24, 2.45) is 0 Å². The molecule has 0 spiro atoms. The Balaban J connectivity index is 1.77. The second-order valence-electron chi connectivity index (χ2n) is 5.15. The third-order valence-electron chi connectivity index (χ3n) is 3.39. The largest absolute Gasteiger partial charge is 0.374 e. The van der Waals surface area contributed by atoms with Crippen LogP contribution in [-0.4, -0.2) is 10.1 Å². The SMILES string of the molecule is Cc1cc(N[C@H](C)c2nc(-c3ccccc3)no2)ccc1Br. The molecule has 0 saturated heterocycles. The van der Waals surface area contributed by atoms with Crippen LogP contribution < -0.4 is 5.32 Å². The number of nitrogens with one attached hydrogen (secondary N) is 1. The second-order valence-corrected chi connectivity index (χ2v) is 6.01. The second kappa shape index (κ2) is 6.32. The summed E-state index contributed by atoms with van der Waals surface area (Å²) in [5.74, 6) is 1.18. The minimum absolute atomic E-state index is 0.0643. The first kappa shape index (κ1) is 14.8. The number of benzene rings is 2. The molecule has 4 nitrogen and oxygen atoms in total. The van der Waals surface area contributed by atoms with Gasteiger partial charge in [0.15, 0.2) is 0 Å². The van der Waals surface area contributed by atoms with Crippen LogP contribution in [0.5, 0.6) is 0 Å². The minimum atomic E-state index is -0.0643. The summed E-state index contributed by atoms with van der Waals surface area (Å²) in [5.41, 5.74) is 3.14. The Bertz CT molecular complexity index is 771. The summed E-state index contributed by atoms with van der Waals surface area (Å²) in [6, 6.07) is 15.9. The van der Waals surface area contributed by atoms with Crippen molar-refractivity contribution in [3.05, 3.63) is 64.5 Å². The highest BCUT2D eigenvalue weighted by Crippen LogP contribution is 2.24. The normalized spacial score (nSPS) is 12.1. The van der Waals surface area contributed by atoms with Gasteiger partial charge in [0.25, 0.3) is 0 Å². The van der Waals surface area contributed by atoms with Crippen LogP contribution in [-0.2, 0) is 0 Å². The van der Waals surface area contributed by atoms with Gasteiger partial charge in [0.2, 0.25) is 11.7 Å². The van der Waals surface area contributed by atoms with Crippen LogP contribution in [0.2, 0.25) is 0 Å². The molecule has 112 valence electrons. The molecular weight excluding hydrogens is 342 g/mol. The van der Waals surface area contributed by atoms with E-state index in [2.05, 4.69) is 44.4 Å². The fourth-order valence-electron chi connectivity index (χ4n) is 2.16. The monoisotopic (exact) mass is 357 g/mol. The van der Waals surface area contributed by atoms with Gasteiger partial charge < -0.3 is 9.84 Å². The first-order valence-electron chi connectivity index (χ1n) is 7.05. The lowest BCUT2D eigenvalue weighted by molar-refractivity contribution is 0.368. The van der Waals surface area contributed by atoms with Crippen molar-refractivity contribution in [2.45, 2.75) is 19.9 Å². The van der Waals surface area contributed by atoms with E-state index in [1.165, 1.54) is 5.56 Å². The zero-order valence-electron chi connectivity index (χ0n) is 12.4. The van der Waals surface area contributed by atoms with Crippen molar-refractivity contribution in [1.82, 2.24) is 10.1 Å². The van der Waals surface area contributed by atoms with E-state index in [1.54, 1.807) is 0 Å². The molecule has 0 aliphatic carbocycles. The van der Waals surface area contributed by atoms with Gasteiger partial charge in [-0.1, -0.05) is 51.4 Å². The van der Waals surface area contributed by atoms with Crippen molar-refractivity contribution in [1.29, 1.82) is 0 Å². The van der Waals surface area contributed by atoms with Crippen molar-refractivity contribution in [3.63, 3.8) is 0 Å². The Hall–Kier alpha value is -2.14. The lowest BCUT2D eigenvalue weighted by Gasteiger charge is -2.12. The maximum Gasteiger partial charge on any atom is 0.249 e. The van der Waals surface area contributed by atoms with Crippen molar-refractivity contribution < 1.29 is 4.52 Å². The highest BCUT2D eigenvalue weighted by atomic mass is 79.9. The van der Waals surface area contributed by atoms with E-state index in [4.69, 9.17) is 4.52 Å². The van der Waals surface area contributed by atoms with Gasteiger partial charge in [0.1, 0.15) is 6.04 Å². The quantitative estimate of drug-likeness (QED) is 0.715. The molecule has 0 aliphatic rings. The Labute approximate surface area is 137 Å². The van der Waals surface area contributed by atoms with Crippen LogP contribution >= 0.6 is 15.9 Å². The Morgan fingerprint density at radius 3 is 2.64 bits per heavy atom. The summed E-state index contributed by atoms with van der Waals surface area (Å²) in [5, 5.41) is 7.42. The highest BCUT2D eigenvalue weighted by Gasteiger charge is 2.15. The molecule has 0 amide bonds. The molecule has 1 atom stereocenters. The fraction of sp³-hybridized carbons (Fsp3) is 0.176. The van der Waals surface area contributed by atoms with Gasteiger partial charge >= 0.3 is 0 Å². The molecule has 0 bridgehead atoms. The van der Waals surface area contributed by atoms with Crippen LogP contribution in [0.1, 0.15) is 24.4 Å². The number of hydrogen-bond donors (Lipinski definition) is 1. The van der Waals surface area contributed by atoms with E-state index >= 15 is 0 Å². The van der Waals surface area contributed by atoms with Gasteiger partial charge in [0, 0.05) is 15.7 Å². The number of rotatable bonds is 4. The molecule has 2 aromatic carbocycles. The Kier molecular flexibility index (Phi) is 4.24. The predicted octanol–water partition coefficient (Wildman–Crippen LogP) is 4.98. The first-order valence-corrected chi connectivity index (χ1v) is 7.84. The van der Waals surface area contributed by atoms with Crippen LogP contribution in [0.3, 0.4) is 0 Å². The number of anilines is 1. The average Bonchev–Trinajstić information content (AvgIpc) is 3.02. The number of aromatic nitrogens is 2. The highest BCUT2D eigenvalue weighted by molar-refractivity contribution is 9.10. The number of aryl methyl sites for hydroxylation is 1. The zero-order chi connectivity index (χ0) is 15.5. The molecule has 1 N–H and O–H groups in total. The summed E-state index contributed by atoms with van der Waals surface area (Å²) < 4.78 is 6.47. The van der Waals surface area contributed by atoms with Gasteiger partial charge in [-0.2, -0.15) is 4.98 Å². The minimum Gasteiger partial charge on any atom is -0.374 e. The van der Waals surface area contributed by atoms with Gasteiger partial charge in [-0.15, -0.1) is 0 Å². The van der Waals surface area contributed by atoms with Gasteiger partial charge in [-0.05, 0) is 37.6 Å². The third kappa shape index (κ3) is 3.20. The smallest absolute Gasteiger partial charge is 0.249 e. The maximum atomic E-state index is 5.37. The van der Waals surface area contributed by atoms with E-state index < -0.39 is 0 Å². The predicted molar refractivity (Wildman–Crippen MR) is 90.7 cm³/mol. The molecule has 1 aromatic heterocycles. The van der Waals surface area contributed by atoms with Crippen LogP contribution in [0, 0.1) is 6.92 Å². The lowest BCUT2D eigenvalue weighted by Crippen LogP contribution is -2.07. The van der Waals surface area contributed by atoms with E-state index in [-0.39, 0.29) is 6.04 Å². The molecule has 0 unspecified atom stereocenters. The van der Waals surface area contributed by atoms with Crippen molar-refractivity contribution in [2.75, 3.05) is 5.32 Å². The summed E-state index contributed by atoms with van der Waals surface area (Å²) >= 11 is 3.50. The molecule has 0 aliphatic heterocycles. The number of halogens is 1. The molecule has 5 heteroatoms. The van der Waals surface area contributed by atoms with Crippen molar-refractivity contribution >= 4 is 21.6 Å². The summed E-state index contributed by atoms with van der Waals surface area (Å²) in [7, 11) is 0. The number of hydrogen-bond acceptors (Lipinski definition) is 4. The van der Waals surface area contributed by atoms with Gasteiger partial charge in [-0.3, -0.25) is 0 Å². The lowest BCUT2D eigenvalue weighted by atomic mass is 10.2. The Morgan fingerprint density at radius 1 is 1.14 bits per heavy atom.